The minimum Gasteiger partial charge on any atom is -0.465 e. The van der Waals surface area contributed by atoms with E-state index in [1.807, 2.05) is 14.1 Å². The summed E-state index contributed by atoms with van der Waals surface area (Å²) in [6.45, 7) is 8.33. The minimum atomic E-state index is 0.0173. The highest BCUT2D eigenvalue weighted by atomic mass is 32.1. The zero-order valence-corrected chi connectivity index (χ0v) is 28.9. The van der Waals surface area contributed by atoms with E-state index in [0.717, 1.165) is 99.9 Å². The number of ether oxygens (including phenoxy) is 1. The van der Waals surface area contributed by atoms with Crippen LogP contribution in [0.5, 0.6) is 0 Å². The minimum absolute atomic E-state index is 0.0173. The van der Waals surface area contributed by atoms with Gasteiger partial charge in [0.15, 0.2) is 0 Å². The normalized spacial score (nSPS) is 15.4. The molecule has 0 aromatic carbocycles. The number of unbranched alkanes of at least 4 members (excludes halogenated alkanes) is 11. The Morgan fingerprint density at radius 3 is 2.19 bits per heavy atom. The van der Waals surface area contributed by atoms with E-state index in [4.69, 9.17) is 17.4 Å². The van der Waals surface area contributed by atoms with Crippen molar-refractivity contribution in [3.05, 3.63) is 22.1 Å². The topological polar surface area (TPSA) is 61.9 Å². The van der Waals surface area contributed by atoms with Gasteiger partial charge in [0.05, 0.1) is 12.5 Å². The Hall–Kier alpha value is -1.31. The lowest BCUT2D eigenvalue weighted by Crippen LogP contribution is -2.32. The van der Waals surface area contributed by atoms with Crippen molar-refractivity contribution in [2.75, 3.05) is 53.9 Å². The monoisotopic (exact) mass is 607 g/mol. The summed E-state index contributed by atoms with van der Waals surface area (Å²) < 4.78 is 5.77. The molecule has 1 unspecified atom stereocenters. The molecule has 1 aliphatic heterocycles. The third-order valence-corrected chi connectivity index (χ3v) is 8.65. The van der Waals surface area contributed by atoms with Crippen molar-refractivity contribution in [3.8, 4) is 0 Å². The molecular weight excluding hydrogens is 542 g/mol. The zero-order chi connectivity index (χ0) is 31.0. The molecular formula is C35H65N3O3S. The largest absolute Gasteiger partial charge is 0.465 e. The molecule has 244 valence electrons. The molecule has 0 radical (unpaired) electrons. The number of carbonyl (C=O) groups is 2. The van der Waals surface area contributed by atoms with Crippen LogP contribution in [0.1, 0.15) is 129 Å². The Balaban J connectivity index is 2.52. The molecule has 0 saturated heterocycles. The van der Waals surface area contributed by atoms with E-state index in [2.05, 4.69) is 42.1 Å². The van der Waals surface area contributed by atoms with E-state index in [1.54, 1.807) is 0 Å². The molecule has 42 heavy (non-hydrogen) atoms. The van der Waals surface area contributed by atoms with Crippen LogP contribution in [0.4, 0.5) is 0 Å². The summed E-state index contributed by atoms with van der Waals surface area (Å²) in [5.41, 5.74) is 1.89. The Bertz CT molecular complexity index is 796. The van der Waals surface area contributed by atoms with Crippen LogP contribution in [0.3, 0.4) is 0 Å². The van der Waals surface area contributed by atoms with E-state index in [0.29, 0.717) is 13.2 Å². The molecule has 1 rings (SSSR count). The third-order valence-electron chi connectivity index (χ3n) is 8.24. The van der Waals surface area contributed by atoms with Gasteiger partial charge in [-0.25, -0.2) is 0 Å². The lowest BCUT2D eigenvalue weighted by atomic mass is 9.94. The van der Waals surface area contributed by atoms with Crippen molar-refractivity contribution < 1.29 is 14.3 Å². The number of nitrogens with zero attached hydrogens (tertiary/aromatic N) is 2. The quantitative estimate of drug-likeness (QED) is 0.0477. The van der Waals surface area contributed by atoms with Gasteiger partial charge < -0.3 is 19.9 Å². The molecule has 1 heterocycles. The zero-order valence-electron chi connectivity index (χ0n) is 28.0. The number of esters is 1. The van der Waals surface area contributed by atoms with Gasteiger partial charge in [-0.15, -0.1) is 12.6 Å². The van der Waals surface area contributed by atoms with Gasteiger partial charge in [-0.05, 0) is 89.5 Å². The van der Waals surface area contributed by atoms with Gasteiger partial charge in [-0.2, -0.15) is 0 Å². The number of amides is 1. The number of carbonyl (C=O) groups excluding carboxylic acids is 2. The van der Waals surface area contributed by atoms with E-state index in [1.165, 1.54) is 51.4 Å². The Morgan fingerprint density at radius 2 is 1.55 bits per heavy atom. The van der Waals surface area contributed by atoms with Crippen molar-refractivity contribution >= 4 is 24.5 Å². The molecule has 0 fully saturated rings. The first-order valence-electron chi connectivity index (χ1n) is 17.2. The molecule has 6 nitrogen and oxygen atoms in total. The predicted molar refractivity (Wildman–Crippen MR) is 182 cm³/mol. The van der Waals surface area contributed by atoms with Crippen molar-refractivity contribution in [3.63, 3.8) is 0 Å². The standard InChI is InChI=1S/C35H65N3O3S/c1-6-8-10-12-13-17-22-30(21-16-11-9-7-2)35(40)41-28-19-15-14-18-23-32(31-24-27-38(5)29-33(31)42)34(39)36-25-20-26-37(3)4/h23,30,42H,6-22,24-29H2,1-5H3,(H,36,39)/b32-23-. The van der Waals surface area contributed by atoms with Crippen LogP contribution in [0.2, 0.25) is 0 Å². The molecule has 1 N–H and O–H groups in total. The summed E-state index contributed by atoms with van der Waals surface area (Å²) in [7, 11) is 6.19. The predicted octanol–water partition coefficient (Wildman–Crippen LogP) is 7.94. The van der Waals surface area contributed by atoms with Crippen LogP contribution in [-0.4, -0.2) is 75.6 Å². The molecule has 1 aliphatic rings. The molecule has 7 heteroatoms. The molecule has 0 aromatic rings. The smallest absolute Gasteiger partial charge is 0.308 e. The lowest BCUT2D eigenvalue weighted by molar-refractivity contribution is -0.149. The number of thiol groups is 1. The van der Waals surface area contributed by atoms with Gasteiger partial charge in [0.25, 0.3) is 5.91 Å². The highest BCUT2D eigenvalue weighted by molar-refractivity contribution is 7.84. The van der Waals surface area contributed by atoms with Crippen LogP contribution in [-0.2, 0) is 14.3 Å². The second kappa shape index (κ2) is 25.1. The first-order valence-corrected chi connectivity index (χ1v) is 17.6. The van der Waals surface area contributed by atoms with Gasteiger partial charge in [-0.1, -0.05) is 84.1 Å². The van der Waals surface area contributed by atoms with E-state index < -0.39 is 0 Å². The van der Waals surface area contributed by atoms with Gasteiger partial charge >= 0.3 is 5.97 Å². The number of allylic oxidation sites excluding steroid dienone is 1. The Morgan fingerprint density at radius 1 is 0.929 bits per heavy atom. The van der Waals surface area contributed by atoms with Crippen molar-refractivity contribution in [2.24, 2.45) is 5.92 Å². The van der Waals surface area contributed by atoms with Crippen LogP contribution in [0.25, 0.3) is 0 Å². The molecule has 0 aromatic heterocycles. The van der Waals surface area contributed by atoms with E-state index >= 15 is 0 Å². The molecule has 0 aliphatic carbocycles. The van der Waals surface area contributed by atoms with Gasteiger partial charge in [0, 0.05) is 25.2 Å². The highest BCUT2D eigenvalue weighted by Crippen LogP contribution is 2.27. The summed E-state index contributed by atoms with van der Waals surface area (Å²) in [6.07, 6.45) is 21.8. The summed E-state index contributed by atoms with van der Waals surface area (Å²) in [4.78, 5) is 31.4. The molecule has 1 amide bonds. The van der Waals surface area contributed by atoms with Crippen LogP contribution < -0.4 is 5.32 Å². The molecule has 0 bridgehead atoms. The summed E-state index contributed by atoms with van der Waals surface area (Å²) in [5.74, 6) is 0.0980. The van der Waals surface area contributed by atoms with E-state index in [-0.39, 0.29) is 17.8 Å². The second-order valence-corrected chi connectivity index (χ2v) is 13.1. The van der Waals surface area contributed by atoms with E-state index in [9.17, 15) is 9.59 Å². The number of rotatable bonds is 25. The number of likely N-dealkylation sites (N-methyl/N-ethyl adjacent to an activating group) is 1. The third kappa shape index (κ3) is 18.4. The van der Waals surface area contributed by atoms with Crippen LogP contribution in [0.15, 0.2) is 22.1 Å². The maximum atomic E-state index is 13.1. The number of hydrogen-bond acceptors (Lipinski definition) is 6. The first-order chi connectivity index (χ1) is 20.3. The lowest BCUT2D eigenvalue weighted by Gasteiger charge is -2.26. The number of nitrogens with one attached hydrogen (secondary N) is 1. The second-order valence-electron chi connectivity index (χ2n) is 12.6. The molecule has 0 saturated carbocycles. The highest BCUT2D eigenvalue weighted by Gasteiger charge is 2.22. The van der Waals surface area contributed by atoms with Gasteiger partial charge in [0.1, 0.15) is 0 Å². The van der Waals surface area contributed by atoms with Crippen LogP contribution >= 0.6 is 12.6 Å². The summed E-state index contributed by atoms with van der Waals surface area (Å²) in [5, 5.41) is 3.13. The number of hydrogen-bond donors (Lipinski definition) is 2. The SMILES string of the molecule is CCCCCCCCC(CCCCCC)C(=O)OCCCCC/C=C(\C(=O)NCCCN(C)C)C1=C(S)CN(C)CC1. The summed E-state index contributed by atoms with van der Waals surface area (Å²) in [6, 6.07) is 0. The van der Waals surface area contributed by atoms with Crippen molar-refractivity contribution in [1.29, 1.82) is 0 Å². The Kier molecular flexibility index (Phi) is 23.1. The van der Waals surface area contributed by atoms with Crippen molar-refractivity contribution in [1.82, 2.24) is 15.1 Å². The maximum absolute atomic E-state index is 13.1. The molecule has 1 atom stereocenters. The van der Waals surface area contributed by atoms with Gasteiger partial charge in [0.2, 0.25) is 0 Å². The maximum Gasteiger partial charge on any atom is 0.308 e. The summed E-state index contributed by atoms with van der Waals surface area (Å²) >= 11 is 4.75. The van der Waals surface area contributed by atoms with Crippen molar-refractivity contribution in [2.45, 2.75) is 129 Å². The van der Waals surface area contributed by atoms with Crippen LogP contribution in [0, 0.1) is 5.92 Å². The fraction of sp³-hybridized carbons (Fsp3) is 0.829. The molecule has 0 spiro atoms. The fourth-order valence-electron chi connectivity index (χ4n) is 5.54. The average Bonchev–Trinajstić information content (AvgIpc) is 2.95. The fourth-order valence-corrected chi connectivity index (χ4v) is 6.02. The van der Waals surface area contributed by atoms with Gasteiger partial charge in [-0.3, -0.25) is 9.59 Å². The average molecular weight is 608 g/mol. The Labute approximate surface area is 264 Å². The first kappa shape index (κ1) is 38.7.